The maximum Gasteiger partial charge on any atom is 0.251 e. The molecule has 1 aromatic carbocycles. The van der Waals surface area contributed by atoms with E-state index in [1.54, 1.807) is 12.1 Å². The van der Waals surface area contributed by atoms with Crippen LogP contribution in [0.3, 0.4) is 0 Å². The van der Waals surface area contributed by atoms with Gasteiger partial charge in [-0.15, -0.1) is 0 Å². The normalized spacial score (nSPS) is 9.83. The van der Waals surface area contributed by atoms with Gasteiger partial charge in [0.2, 0.25) is 11.8 Å². The molecular formula is C16H21N3O4. The number of rotatable bonds is 8. The van der Waals surface area contributed by atoms with Crippen LogP contribution in [0.4, 0.5) is 0 Å². The molecule has 0 bridgehead atoms. The number of ketones is 1. The maximum absolute atomic E-state index is 11.9. The van der Waals surface area contributed by atoms with Crippen LogP contribution in [0.15, 0.2) is 24.3 Å². The molecule has 0 aliphatic heterocycles. The fourth-order valence-electron chi connectivity index (χ4n) is 1.68. The summed E-state index contributed by atoms with van der Waals surface area (Å²) in [4.78, 5) is 45.4. The van der Waals surface area contributed by atoms with E-state index in [-0.39, 0.29) is 31.3 Å². The number of benzene rings is 1. The molecule has 3 N–H and O–H groups in total. The summed E-state index contributed by atoms with van der Waals surface area (Å²) in [6, 6.07) is 7.10. The summed E-state index contributed by atoms with van der Waals surface area (Å²) in [5.41, 5.74) is 1.59. The average molecular weight is 319 g/mol. The predicted octanol–water partition coefficient (Wildman–Crippen LogP) is -0.200. The Labute approximate surface area is 134 Å². The minimum Gasteiger partial charge on any atom is -0.348 e. The molecule has 0 unspecified atom stereocenters. The number of nitrogens with one attached hydrogen (secondary N) is 3. The minimum atomic E-state index is -0.485. The second kappa shape index (κ2) is 9.34. The Balaban J connectivity index is 2.30. The Morgan fingerprint density at radius 3 is 1.87 bits per heavy atom. The summed E-state index contributed by atoms with van der Waals surface area (Å²) in [6.07, 6.45) is 0.885. The largest absolute Gasteiger partial charge is 0.348 e. The molecule has 23 heavy (non-hydrogen) atoms. The van der Waals surface area contributed by atoms with Crippen LogP contribution in [0, 0.1) is 0 Å². The number of carbonyl (C=O) groups excluding carboxylic acids is 4. The van der Waals surface area contributed by atoms with E-state index in [2.05, 4.69) is 16.0 Å². The van der Waals surface area contributed by atoms with Gasteiger partial charge in [0.05, 0.1) is 19.6 Å². The highest BCUT2D eigenvalue weighted by atomic mass is 16.2. The number of amides is 3. The lowest BCUT2D eigenvalue weighted by Gasteiger charge is -2.07. The number of Topliss-reactive ketones (excluding diaryl/α,β-unsaturated/α-hetero) is 1. The Bertz CT molecular complexity index is 581. The summed E-state index contributed by atoms with van der Waals surface area (Å²) in [5, 5.41) is 7.18. The van der Waals surface area contributed by atoms with Gasteiger partial charge in [0.25, 0.3) is 5.91 Å². The van der Waals surface area contributed by atoms with Crippen LogP contribution in [-0.2, 0) is 20.8 Å². The van der Waals surface area contributed by atoms with Gasteiger partial charge < -0.3 is 16.0 Å². The molecule has 0 aromatic heterocycles. The van der Waals surface area contributed by atoms with Gasteiger partial charge in [-0.3, -0.25) is 19.2 Å². The van der Waals surface area contributed by atoms with E-state index in [4.69, 9.17) is 0 Å². The lowest BCUT2D eigenvalue weighted by Crippen LogP contribution is -2.42. The second-order valence-corrected chi connectivity index (χ2v) is 4.99. The molecule has 0 atom stereocenters. The number of hydrogen-bond acceptors (Lipinski definition) is 4. The van der Waals surface area contributed by atoms with Gasteiger partial charge in [-0.05, 0) is 31.0 Å². The second-order valence-electron chi connectivity index (χ2n) is 4.99. The van der Waals surface area contributed by atoms with Crippen LogP contribution in [0.5, 0.6) is 0 Å². The zero-order valence-electron chi connectivity index (χ0n) is 13.3. The van der Waals surface area contributed by atoms with Crippen molar-refractivity contribution in [3.8, 4) is 0 Å². The maximum atomic E-state index is 11.9. The van der Waals surface area contributed by atoms with Gasteiger partial charge in [-0.2, -0.15) is 0 Å². The van der Waals surface area contributed by atoms with Crippen LogP contribution < -0.4 is 16.0 Å². The number of carbonyl (C=O) groups is 4. The van der Waals surface area contributed by atoms with Crippen molar-refractivity contribution in [1.82, 2.24) is 16.0 Å². The molecular weight excluding hydrogens is 298 g/mol. The number of aryl methyl sites for hydroxylation is 1. The van der Waals surface area contributed by atoms with Crippen LogP contribution in [0.1, 0.15) is 29.8 Å². The summed E-state index contributed by atoms with van der Waals surface area (Å²) in [5.74, 6) is -1.48. The fourth-order valence-corrected chi connectivity index (χ4v) is 1.68. The molecule has 3 amide bonds. The molecule has 0 saturated carbocycles. The molecule has 0 aliphatic rings. The van der Waals surface area contributed by atoms with Gasteiger partial charge in [0, 0.05) is 5.56 Å². The first-order chi connectivity index (χ1) is 10.9. The minimum absolute atomic E-state index is 0.0702. The highest BCUT2D eigenvalue weighted by molar-refractivity contribution is 5.97. The fraction of sp³-hybridized carbons (Fsp3) is 0.375. The molecule has 1 aromatic rings. The Morgan fingerprint density at radius 1 is 0.826 bits per heavy atom. The Morgan fingerprint density at radius 2 is 1.35 bits per heavy atom. The van der Waals surface area contributed by atoms with Gasteiger partial charge in [-0.1, -0.05) is 19.1 Å². The summed E-state index contributed by atoms with van der Waals surface area (Å²) in [6.45, 7) is 2.83. The third-order valence-corrected chi connectivity index (χ3v) is 3.01. The average Bonchev–Trinajstić information content (AvgIpc) is 2.55. The predicted molar refractivity (Wildman–Crippen MR) is 84.9 cm³/mol. The van der Waals surface area contributed by atoms with Crippen molar-refractivity contribution in [3.05, 3.63) is 35.4 Å². The van der Waals surface area contributed by atoms with Crippen LogP contribution >= 0.6 is 0 Å². The van der Waals surface area contributed by atoms with E-state index in [1.165, 1.54) is 6.92 Å². The van der Waals surface area contributed by atoms with Crippen molar-refractivity contribution in [1.29, 1.82) is 0 Å². The van der Waals surface area contributed by atoms with Gasteiger partial charge in [-0.25, -0.2) is 0 Å². The molecule has 0 heterocycles. The third-order valence-electron chi connectivity index (χ3n) is 3.01. The van der Waals surface area contributed by atoms with E-state index >= 15 is 0 Å². The van der Waals surface area contributed by atoms with E-state index in [0.29, 0.717) is 5.56 Å². The zero-order valence-corrected chi connectivity index (χ0v) is 13.3. The molecule has 1 rings (SSSR count). The molecule has 7 heteroatoms. The molecule has 7 nitrogen and oxygen atoms in total. The van der Waals surface area contributed by atoms with E-state index in [9.17, 15) is 19.2 Å². The lowest BCUT2D eigenvalue weighted by atomic mass is 10.1. The van der Waals surface area contributed by atoms with Gasteiger partial charge in [0.15, 0.2) is 0 Å². The van der Waals surface area contributed by atoms with Crippen LogP contribution in [-0.4, -0.2) is 43.1 Å². The zero-order chi connectivity index (χ0) is 17.2. The first-order valence-electron chi connectivity index (χ1n) is 7.32. The van der Waals surface area contributed by atoms with Crippen molar-refractivity contribution >= 4 is 23.5 Å². The number of hydrogen-bond donors (Lipinski definition) is 3. The standard InChI is InChI=1S/C16H21N3O4/c1-3-12-4-6-13(7-5-12)16(23)19-10-15(22)18-9-14(21)17-8-11(2)20/h4-7H,3,8-10H2,1-2H3,(H,17,21)(H,18,22)(H,19,23). The molecule has 0 radical (unpaired) electrons. The first-order valence-corrected chi connectivity index (χ1v) is 7.32. The monoisotopic (exact) mass is 319 g/mol. The van der Waals surface area contributed by atoms with Crippen molar-refractivity contribution in [2.24, 2.45) is 0 Å². The van der Waals surface area contributed by atoms with Gasteiger partial charge in [0.1, 0.15) is 5.78 Å². The van der Waals surface area contributed by atoms with Crippen molar-refractivity contribution in [3.63, 3.8) is 0 Å². The van der Waals surface area contributed by atoms with Crippen molar-refractivity contribution in [2.75, 3.05) is 19.6 Å². The molecule has 0 saturated heterocycles. The van der Waals surface area contributed by atoms with Crippen LogP contribution in [0.25, 0.3) is 0 Å². The highest BCUT2D eigenvalue weighted by Gasteiger charge is 2.09. The topological polar surface area (TPSA) is 104 Å². The lowest BCUT2D eigenvalue weighted by molar-refractivity contribution is -0.126. The SMILES string of the molecule is CCc1ccc(C(=O)NCC(=O)NCC(=O)NCC(C)=O)cc1. The third kappa shape index (κ3) is 7.21. The smallest absolute Gasteiger partial charge is 0.251 e. The summed E-state index contributed by atoms with van der Waals surface area (Å²) >= 11 is 0. The molecule has 0 aliphatic carbocycles. The van der Waals surface area contributed by atoms with Crippen molar-refractivity contribution in [2.45, 2.75) is 20.3 Å². The first kappa shape index (κ1) is 18.3. The van der Waals surface area contributed by atoms with Crippen LogP contribution in [0.2, 0.25) is 0 Å². The van der Waals surface area contributed by atoms with E-state index in [0.717, 1.165) is 12.0 Å². The highest BCUT2D eigenvalue weighted by Crippen LogP contribution is 2.04. The van der Waals surface area contributed by atoms with E-state index < -0.39 is 11.8 Å². The quantitative estimate of drug-likeness (QED) is 0.617. The van der Waals surface area contributed by atoms with Crippen molar-refractivity contribution < 1.29 is 19.2 Å². The van der Waals surface area contributed by atoms with Gasteiger partial charge >= 0.3 is 0 Å². The summed E-state index contributed by atoms with van der Waals surface area (Å²) < 4.78 is 0. The molecule has 0 fully saturated rings. The summed E-state index contributed by atoms with van der Waals surface area (Å²) in [7, 11) is 0. The molecule has 0 spiro atoms. The Hall–Kier alpha value is -2.70. The Kier molecular flexibility index (Phi) is 7.45. The molecule has 124 valence electrons. The van der Waals surface area contributed by atoms with E-state index in [1.807, 2.05) is 19.1 Å².